The second kappa shape index (κ2) is 8.62. The van der Waals surface area contributed by atoms with Crippen LogP contribution in [-0.2, 0) is 11.3 Å². The van der Waals surface area contributed by atoms with E-state index in [1.54, 1.807) is 23.5 Å². The molecule has 0 saturated carbocycles. The molecule has 0 bridgehead atoms. The van der Waals surface area contributed by atoms with Crippen molar-refractivity contribution >= 4 is 39.2 Å². The molecule has 1 amide bonds. The number of fused-ring (bicyclic) bond motifs is 1. The molecule has 0 saturated heterocycles. The molecule has 0 fully saturated rings. The third-order valence-electron chi connectivity index (χ3n) is 3.91. The van der Waals surface area contributed by atoms with Crippen LogP contribution in [0.5, 0.6) is 5.75 Å². The number of rotatable bonds is 7. The zero-order chi connectivity index (χ0) is 19.4. The van der Waals surface area contributed by atoms with Crippen molar-refractivity contribution in [2.45, 2.75) is 32.0 Å². The third-order valence-corrected chi connectivity index (χ3v) is 6.01. The van der Waals surface area contributed by atoms with E-state index in [2.05, 4.69) is 20.0 Å². The van der Waals surface area contributed by atoms with Crippen molar-refractivity contribution in [1.29, 1.82) is 0 Å². The van der Waals surface area contributed by atoms with E-state index in [1.807, 2.05) is 13.8 Å². The summed E-state index contributed by atoms with van der Waals surface area (Å²) < 4.78 is 28.6. The molecule has 0 spiro atoms. The average molecular weight is 409 g/mol. The van der Waals surface area contributed by atoms with Crippen LogP contribution in [0, 0.1) is 13.8 Å². The molecule has 1 aromatic carbocycles. The Morgan fingerprint density at radius 1 is 1.26 bits per heavy atom. The fourth-order valence-electron chi connectivity index (χ4n) is 2.43. The molecule has 0 atom stereocenters. The molecule has 0 radical (unpaired) electrons. The fourth-order valence-corrected chi connectivity index (χ4v) is 4.38. The molecule has 0 aliphatic carbocycles. The Morgan fingerprint density at radius 3 is 2.70 bits per heavy atom. The van der Waals surface area contributed by atoms with Gasteiger partial charge in [0, 0.05) is 16.8 Å². The van der Waals surface area contributed by atoms with Gasteiger partial charge in [-0.15, -0.1) is 11.3 Å². The lowest BCUT2D eigenvalue weighted by atomic mass is 10.2. The van der Waals surface area contributed by atoms with E-state index in [4.69, 9.17) is 0 Å². The largest absolute Gasteiger partial charge is 0.435 e. The molecule has 9 heteroatoms. The lowest BCUT2D eigenvalue weighted by Crippen LogP contribution is -2.24. The van der Waals surface area contributed by atoms with Crippen LogP contribution >= 0.6 is 23.1 Å². The van der Waals surface area contributed by atoms with E-state index < -0.39 is 6.61 Å². The van der Waals surface area contributed by atoms with E-state index in [0.717, 1.165) is 26.4 Å². The summed E-state index contributed by atoms with van der Waals surface area (Å²) >= 11 is 2.99. The van der Waals surface area contributed by atoms with Crippen molar-refractivity contribution in [3.8, 4) is 5.75 Å². The number of thiophene rings is 1. The number of carbonyl (C=O) groups is 1. The van der Waals surface area contributed by atoms with Crippen molar-refractivity contribution in [2.24, 2.45) is 0 Å². The maximum Gasteiger partial charge on any atom is 0.387 e. The van der Waals surface area contributed by atoms with Gasteiger partial charge in [0.15, 0.2) is 0 Å². The summed E-state index contributed by atoms with van der Waals surface area (Å²) in [6.45, 7) is 1.53. The van der Waals surface area contributed by atoms with Crippen molar-refractivity contribution < 1.29 is 18.3 Å². The van der Waals surface area contributed by atoms with Gasteiger partial charge in [0.1, 0.15) is 21.9 Å². The minimum absolute atomic E-state index is 0.0878. The molecule has 1 N–H and O–H groups in total. The van der Waals surface area contributed by atoms with Crippen LogP contribution in [0.1, 0.15) is 16.0 Å². The number of thioether (sulfide) groups is 1. The van der Waals surface area contributed by atoms with Gasteiger partial charge in [-0.2, -0.15) is 8.78 Å². The Balaban J connectivity index is 1.54. The van der Waals surface area contributed by atoms with E-state index in [9.17, 15) is 13.6 Å². The Kier molecular flexibility index (Phi) is 6.22. The van der Waals surface area contributed by atoms with Crippen LogP contribution in [-0.4, -0.2) is 28.2 Å². The van der Waals surface area contributed by atoms with Crippen molar-refractivity contribution in [3.63, 3.8) is 0 Å². The number of ether oxygens (including phenoxy) is 1. The second-order valence-corrected chi connectivity index (χ2v) is 7.90. The summed E-state index contributed by atoms with van der Waals surface area (Å²) in [4.78, 5) is 22.8. The summed E-state index contributed by atoms with van der Waals surface area (Å²) in [6.07, 6.45) is 1.51. The van der Waals surface area contributed by atoms with Crippen molar-refractivity contribution in [2.75, 3.05) is 5.75 Å². The van der Waals surface area contributed by atoms with Gasteiger partial charge in [-0.25, -0.2) is 9.97 Å². The molecule has 0 unspecified atom stereocenters. The Morgan fingerprint density at radius 2 is 2.00 bits per heavy atom. The van der Waals surface area contributed by atoms with Crippen molar-refractivity contribution in [3.05, 3.63) is 46.6 Å². The highest BCUT2D eigenvalue weighted by Gasteiger charge is 2.13. The number of nitrogens with zero attached hydrogens (tertiary/aromatic N) is 2. The van der Waals surface area contributed by atoms with Crippen LogP contribution in [0.4, 0.5) is 8.78 Å². The number of halogens is 2. The highest BCUT2D eigenvalue weighted by Crippen LogP contribution is 2.34. The number of carbonyl (C=O) groups excluding carboxylic acids is 1. The van der Waals surface area contributed by atoms with Crippen LogP contribution in [0.3, 0.4) is 0 Å². The SMILES string of the molecule is Cc1sc2ncnc(SCC(=O)NCc3ccc(OC(F)F)cc3)c2c1C. The minimum Gasteiger partial charge on any atom is -0.435 e. The van der Waals surface area contributed by atoms with Gasteiger partial charge in [0.05, 0.1) is 5.75 Å². The van der Waals surface area contributed by atoms with Gasteiger partial charge in [0.2, 0.25) is 5.91 Å². The van der Waals surface area contributed by atoms with Gasteiger partial charge in [-0.3, -0.25) is 4.79 Å². The molecule has 3 rings (SSSR count). The number of nitrogens with one attached hydrogen (secondary N) is 1. The molecular weight excluding hydrogens is 392 g/mol. The first kappa shape index (κ1) is 19.5. The number of hydrogen-bond acceptors (Lipinski definition) is 6. The first-order chi connectivity index (χ1) is 12.9. The van der Waals surface area contributed by atoms with E-state index >= 15 is 0 Å². The second-order valence-electron chi connectivity index (χ2n) is 5.73. The number of amides is 1. The van der Waals surface area contributed by atoms with E-state index in [1.165, 1.54) is 35.1 Å². The number of aryl methyl sites for hydroxylation is 2. The molecular formula is C18H17F2N3O2S2. The predicted octanol–water partition coefficient (Wildman–Crippen LogP) is 4.32. The quantitative estimate of drug-likeness (QED) is 0.465. The normalized spacial score (nSPS) is 11.1. The number of hydrogen-bond donors (Lipinski definition) is 1. The standard InChI is InChI=1S/C18H17F2N3O2S2/c1-10-11(2)27-17-15(10)16(22-9-23-17)26-8-14(24)21-7-12-3-5-13(6-4-12)25-18(19)20/h3-6,9,18H,7-8H2,1-2H3,(H,21,24). The third kappa shape index (κ3) is 4.92. The van der Waals surface area contributed by atoms with Crippen LogP contribution in [0.2, 0.25) is 0 Å². The maximum atomic E-state index is 12.1. The summed E-state index contributed by atoms with van der Waals surface area (Å²) in [5, 5.41) is 4.61. The first-order valence-electron chi connectivity index (χ1n) is 8.08. The smallest absolute Gasteiger partial charge is 0.387 e. The number of alkyl halides is 2. The topological polar surface area (TPSA) is 64.1 Å². The highest BCUT2D eigenvalue weighted by molar-refractivity contribution is 8.00. The zero-order valence-electron chi connectivity index (χ0n) is 14.7. The molecule has 0 aliphatic heterocycles. The first-order valence-corrected chi connectivity index (χ1v) is 9.88. The Labute approximate surface area is 163 Å². The molecule has 142 valence electrons. The van der Waals surface area contributed by atoms with Gasteiger partial charge >= 0.3 is 6.61 Å². The summed E-state index contributed by atoms with van der Waals surface area (Å²) in [7, 11) is 0. The fraction of sp³-hybridized carbons (Fsp3) is 0.278. The molecule has 5 nitrogen and oxygen atoms in total. The number of aromatic nitrogens is 2. The van der Waals surface area contributed by atoms with Gasteiger partial charge in [0.25, 0.3) is 0 Å². The lowest BCUT2D eigenvalue weighted by molar-refractivity contribution is -0.118. The van der Waals surface area contributed by atoms with Crippen molar-refractivity contribution in [1.82, 2.24) is 15.3 Å². The zero-order valence-corrected chi connectivity index (χ0v) is 16.3. The van der Waals surface area contributed by atoms with Gasteiger partial charge in [-0.1, -0.05) is 23.9 Å². The molecule has 27 heavy (non-hydrogen) atoms. The van der Waals surface area contributed by atoms with Gasteiger partial charge < -0.3 is 10.1 Å². The van der Waals surface area contributed by atoms with Crippen LogP contribution < -0.4 is 10.1 Å². The van der Waals surface area contributed by atoms with E-state index in [-0.39, 0.29) is 17.4 Å². The monoisotopic (exact) mass is 409 g/mol. The number of benzene rings is 1. The molecule has 2 aromatic heterocycles. The molecule has 0 aliphatic rings. The highest BCUT2D eigenvalue weighted by atomic mass is 32.2. The van der Waals surface area contributed by atoms with Crippen LogP contribution in [0.15, 0.2) is 35.6 Å². The van der Waals surface area contributed by atoms with Crippen LogP contribution in [0.25, 0.3) is 10.2 Å². The lowest BCUT2D eigenvalue weighted by Gasteiger charge is -2.08. The maximum absolute atomic E-state index is 12.1. The Hall–Kier alpha value is -2.26. The predicted molar refractivity (Wildman–Crippen MR) is 103 cm³/mol. The summed E-state index contributed by atoms with van der Waals surface area (Å²) in [5.74, 6) is 0.182. The van der Waals surface area contributed by atoms with Gasteiger partial charge in [-0.05, 0) is 37.1 Å². The summed E-state index contributed by atoms with van der Waals surface area (Å²) in [6, 6.07) is 6.16. The average Bonchev–Trinajstić information content (AvgIpc) is 2.93. The van der Waals surface area contributed by atoms with E-state index in [0.29, 0.717) is 6.54 Å². The minimum atomic E-state index is -2.85. The summed E-state index contributed by atoms with van der Waals surface area (Å²) in [5.41, 5.74) is 1.94. The molecule has 2 heterocycles. The molecule has 3 aromatic rings. The Bertz CT molecular complexity index is 946.